The number of aromatic nitrogens is 4. The molecule has 5 rings (SSSR count). The van der Waals surface area contributed by atoms with E-state index in [0.29, 0.717) is 28.8 Å². The van der Waals surface area contributed by atoms with Crippen LogP contribution in [-0.4, -0.2) is 44.5 Å². The molecule has 0 spiro atoms. The Bertz CT molecular complexity index is 1440. The molecule has 0 atom stereocenters. The Morgan fingerprint density at radius 3 is 2.85 bits per heavy atom. The average Bonchev–Trinajstić information content (AvgIpc) is 3.18. The minimum atomic E-state index is -0.103. The standard InChI is InChI=1S/C24H27N5O2S2/c1-27(2)11-7-13-29-23(31)21-17-8-3-4-9-18(17)33-22(21)26-24(29)32-15-16-14-20(30)28-12-6-5-10-19(28)25-16/h5-6,10,12,14H,3-4,7-9,11,13,15H2,1-2H3. The first-order chi connectivity index (χ1) is 16.0. The van der Waals surface area contributed by atoms with Crippen LogP contribution in [0.1, 0.15) is 35.4 Å². The quantitative estimate of drug-likeness (QED) is 0.297. The van der Waals surface area contributed by atoms with E-state index in [1.165, 1.54) is 33.0 Å². The lowest BCUT2D eigenvalue weighted by Crippen LogP contribution is -2.26. The van der Waals surface area contributed by atoms with E-state index < -0.39 is 0 Å². The zero-order valence-corrected chi connectivity index (χ0v) is 20.5. The summed E-state index contributed by atoms with van der Waals surface area (Å²) >= 11 is 3.16. The van der Waals surface area contributed by atoms with Gasteiger partial charge >= 0.3 is 0 Å². The largest absolute Gasteiger partial charge is 0.309 e. The highest BCUT2D eigenvalue weighted by Crippen LogP contribution is 2.35. The molecule has 0 saturated heterocycles. The van der Waals surface area contributed by atoms with E-state index >= 15 is 0 Å². The van der Waals surface area contributed by atoms with Crippen LogP contribution in [0, 0.1) is 0 Å². The second kappa shape index (κ2) is 9.40. The highest BCUT2D eigenvalue weighted by molar-refractivity contribution is 7.98. The number of pyridine rings is 1. The number of hydrogen-bond acceptors (Lipinski definition) is 7. The molecule has 0 fully saturated rings. The van der Waals surface area contributed by atoms with Crippen LogP contribution >= 0.6 is 23.1 Å². The van der Waals surface area contributed by atoms with E-state index in [1.54, 1.807) is 23.6 Å². The van der Waals surface area contributed by atoms with Crippen LogP contribution < -0.4 is 11.1 Å². The molecule has 0 aromatic carbocycles. The molecule has 1 aliphatic rings. The Hall–Kier alpha value is -2.49. The number of rotatable bonds is 7. The molecule has 0 unspecified atom stereocenters. The SMILES string of the molecule is CN(C)CCCn1c(SCc2cc(=O)n3ccccc3n2)nc2sc3c(c2c1=O)CCCC3. The molecule has 9 heteroatoms. The lowest BCUT2D eigenvalue weighted by atomic mass is 9.97. The van der Waals surface area contributed by atoms with Crippen LogP contribution in [0.5, 0.6) is 0 Å². The monoisotopic (exact) mass is 481 g/mol. The van der Waals surface area contributed by atoms with Crippen molar-refractivity contribution in [3.8, 4) is 0 Å². The highest BCUT2D eigenvalue weighted by Gasteiger charge is 2.22. The van der Waals surface area contributed by atoms with Gasteiger partial charge in [0.1, 0.15) is 10.5 Å². The van der Waals surface area contributed by atoms with Crippen LogP contribution in [0.4, 0.5) is 0 Å². The summed E-state index contributed by atoms with van der Waals surface area (Å²) < 4.78 is 3.37. The first kappa shape index (κ1) is 22.3. The van der Waals surface area contributed by atoms with Gasteiger partial charge in [-0.15, -0.1) is 11.3 Å². The second-order valence-electron chi connectivity index (χ2n) is 8.70. The summed E-state index contributed by atoms with van der Waals surface area (Å²) in [6.07, 6.45) is 6.93. The molecule has 0 aliphatic heterocycles. The normalized spacial score (nSPS) is 13.8. The van der Waals surface area contributed by atoms with Crippen molar-refractivity contribution in [2.75, 3.05) is 20.6 Å². The summed E-state index contributed by atoms with van der Waals surface area (Å²) in [7, 11) is 4.08. The Labute approximate surface area is 200 Å². The number of thioether (sulfide) groups is 1. The average molecular weight is 482 g/mol. The van der Waals surface area contributed by atoms with Crippen LogP contribution in [0.15, 0.2) is 45.2 Å². The van der Waals surface area contributed by atoms with Crippen molar-refractivity contribution in [3.05, 3.63) is 67.3 Å². The van der Waals surface area contributed by atoms with E-state index in [4.69, 9.17) is 4.98 Å². The maximum atomic E-state index is 13.6. The zero-order chi connectivity index (χ0) is 22.9. The van der Waals surface area contributed by atoms with Gasteiger partial charge in [0.25, 0.3) is 11.1 Å². The Kier molecular flexibility index (Phi) is 6.36. The molecule has 0 radical (unpaired) electrons. The van der Waals surface area contributed by atoms with E-state index in [2.05, 4.69) is 9.88 Å². The zero-order valence-electron chi connectivity index (χ0n) is 18.9. The predicted octanol–water partition coefficient (Wildman–Crippen LogP) is 3.59. The van der Waals surface area contributed by atoms with Gasteiger partial charge in [-0.25, -0.2) is 9.97 Å². The second-order valence-corrected chi connectivity index (χ2v) is 10.7. The van der Waals surface area contributed by atoms with Crippen molar-refractivity contribution in [2.24, 2.45) is 0 Å². The minimum Gasteiger partial charge on any atom is -0.309 e. The van der Waals surface area contributed by atoms with Gasteiger partial charge in [0.15, 0.2) is 5.16 Å². The van der Waals surface area contributed by atoms with Gasteiger partial charge in [0.2, 0.25) is 0 Å². The molecule has 0 saturated carbocycles. The van der Waals surface area contributed by atoms with Crippen molar-refractivity contribution >= 4 is 39.0 Å². The van der Waals surface area contributed by atoms with E-state index in [9.17, 15) is 9.59 Å². The van der Waals surface area contributed by atoms with Crippen LogP contribution in [0.25, 0.3) is 15.9 Å². The van der Waals surface area contributed by atoms with Crippen molar-refractivity contribution in [2.45, 2.75) is 49.6 Å². The topological polar surface area (TPSA) is 72.5 Å². The molecule has 4 aromatic heterocycles. The molecule has 7 nitrogen and oxygen atoms in total. The molecule has 0 N–H and O–H groups in total. The number of nitrogens with zero attached hydrogens (tertiary/aromatic N) is 5. The first-order valence-corrected chi connectivity index (χ1v) is 13.1. The van der Waals surface area contributed by atoms with Gasteiger partial charge in [-0.05, 0) is 70.4 Å². The fraction of sp³-hybridized carbons (Fsp3) is 0.417. The van der Waals surface area contributed by atoms with Gasteiger partial charge in [-0.3, -0.25) is 18.6 Å². The number of aryl methyl sites for hydroxylation is 2. The smallest absolute Gasteiger partial charge is 0.263 e. The molecule has 4 aromatic rings. The Morgan fingerprint density at radius 2 is 2.00 bits per heavy atom. The molecular weight excluding hydrogens is 454 g/mol. The highest BCUT2D eigenvalue weighted by atomic mass is 32.2. The molecule has 0 bridgehead atoms. The Morgan fingerprint density at radius 1 is 1.15 bits per heavy atom. The maximum Gasteiger partial charge on any atom is 0.263 e. The molecule has 1 aliphatic carbocycles. The molecule has 33 heavy (non-hydrogen) atoms. The molecule has 4 heterocycles. The number of thiophene rings is 1. The van der Waals surface area contributed by atoms with E-state index in [0.717, 1.165) is 42.4 Å². The van der Waals surface area contributed by atoms with Gasteiger partial charge in [-0.2, -0.15) is 0 Å². The summed E-state index contributed by atoms with van der Waals surface area (Å²) in [6.45, 7) is 1.53. The predicted molar refractivity (Wildman–Crippen MR) is 135 cm³/mol. The molecule has 0 amide bonds. The van der Waals surface area contributed by atoms with Gasteiger partial charge in [-0.1, -0.05) is 17.8 Å². The molecule has 172 valence electrons. The summed E-state index contributed by atoms with van der Waals surface area (Å²) in [5.41, 5.74) is 2.51. The summed E-state index contributed by atoms with van der Waals surface area (Å²) in [5, 5.41) is 1.53. The van der Waals surface area contributed by atoms with Crippen LogP contribution in [0.2, 0.25) is 0 Å². The number of hydrogen-bond donors (Lipinski definition) is 0. The summed E-state index contributed by atoms with van der Waals surface area (Å²) in [6, 6.07) is 7.08. The minimum absolute atomic E-state index is 0.0761. The first-order valence-electron chi connectivity index (χ1n) is 11.3. The lowest BCUT2D eigenvalue weighted by molar-refractivity contribution is 0.379. The molecular formula is C24H27N5O2S2. The van der Waals surface area contributed by atoms with Gasteiger partial charge in [0.05, 0.1) is 11.1 Å². The van der Waals surface area contributed by atoms with Crippen molar-refractivity contribution < 1.29 is 0 Å². The third-order valence-electron chi connectivity index (χ3n) is 6.00. The van der Waals surface area contributed by atoms with Crippen molar-refractivity contribution in [3.63, 3.8) is 0 Å². The van der Waals surface area contributed by atoms with Gasteiger partial charge < -0.3 is 4.90 Å². The maximum absolute atomic E-state index is 13.6. The fourth-order valence-corrected chi connectivity index (χ4v) is 6.61. The fourth-order valence-electron chi connectivity index (χ4n) is 4.39. The lowest BCUT2D eigenvalue weighted by Gasteiger charge is -2.15. The van der Waals surface area contributed by atoms with Crippen molar-refractivity contribution in [1.82, 2.24) is 23.8 Å². The van der Waals surface area contributed by atoms with Crippen LogP contribution in [-0.2, 0) is 25.1 Å². The number of fused-ring (bicyclic) bond motifs is 4. The Balaban J connectivity index is 1.51. The van der Waals surface area contributed by atoms with Gasteiger partial charge in [0, 0.05) is 29.4 Å². The summed E-state index contributed by atoms with van der Waals surface area (Å²) in [4.78, 5) is 40.0. The van der Waals surface area contributed by atoms with E-state index in [1.807, 2.05) is 36.9 Å². The third-order valence-corrected chi connectivity index (χ3v) is 8.20. The van der Waals surface area contributed by atoms with E-state index in [-0.39, 0.29) is 11.1 Å². The summed E-state index contributed by atoms with van der Waals surface area (Å²) in [5.74, 6) is 0.483. The van der Waals surface area contributed by atoms with Crippen LogP contribution in [0.3, 0.4) is 0 Å². The third kappa shape index (κ3) is 4.49. The van der Waals surface area contributed by atoms with Crippen molar-refractivity contribution in [1.29, 1.82) is 0 Å².